The highest BCUT2D eigenvalue weighted by Crippen LogP contribution is 2.26. The Bertz CT molecular complexity index is 819. The predicted molar refractivity (Wildman–Crippen MR) is 99.3 cm³/mol. The quantitative estimate of drug-likeness (QED) is 0.612. The van der Waals surface area contributed by atoms with Crippen LogP contribution >= 0.6 is 11.6 Å². The molecule has 0 bridgehead atoms. The molecule has 24 heavy (non-hydrogen) atoms. The molecule has 1 heterocycles. The van der Waals surface area contributed by atoms with Crippen LogP contribution in [0, 0.1) is 5.82 Å². The Morgan fingerprint density at radius 3 is 2.62 bits per heavy atom. The van der Waals surface area contributed by atoms with Crippen LogP contribution in [-0.4, -0.2) is 30.1 Å². The summed E-state index contributed by atoms with van der Waals surface area (Å²) in [5.74, 6) is -0.255. The fourth-order valence-electron chi connectivity index (χ4n) is 3.09. The summed E-state index contributed by atoms with van der Waals surface area (Å²) in [7, 11) is 4.17. The van der Waals surface area contributed by atoms with E-state index in [1.165, 1.54) is 17.0 Å². The van der Waals surface area contributed by atoms with Crippen LogP contribution in [0.2, 0.25) is 5.02 Å². The van der Waals surface area contributed by atoms with Crippen molar-refractivity contribution in [2.24, 2.45) is 0 Å². The summed E-state index contributed by atoms with van der Waals surface area (Å²) in [5, 5.41) is 1.71. The van der Waals surface area contributed by atoms with Crippen molar-refractivity contribution in [3.8, 4) is 0 Å². The summed E-state index contributed by atoms with van der Waals surface area (Å²) in [4.78, 5) is 2.19. The Balaban J connectivity index is 1.93. The van der Waals surface area contributed by atoms with Crippen LogP contribution < -0.4 is 0 Å². The van der Waals surface area contributed by atoms with Gasteiger partial charge in [0, 0.05) is 27.7 Å². The van der Waals surface area contributed by atoms with Crippen LogP contribution in [0.3, 0.4) is 0 Å². The molecule has 0 fully saturated rings. The summed E-state index contributed by atoms with van der Waals surface area (Å²) >= 11 is 6.20. The van der Waals surface area contributed by atoms with Crippen LogP contribution in [0.1, 0.15) is 17.5 Å². The van der Waals surface area contributed by atoms with Gasteiger partial charge in [0.25, 0.3) is 0 Å². The lowest BCUT2D eigenvalue weighted by Crippen LogP contribution is -2.13. The predicted octanol–water partition coefficient (Wildman–Crippen LogP) is 4.98. The molecule has 4 heteroatoms. The zero-order chi connectivity index (χ0) is 17.1. The molecule has 1 aromatic heterocycles. The van der Waals surface area contributed by atoms with Gasteiger partial charge in [-0.25, -0.2) is 4.39 Å². The second-order valence-corrected chi connectivity index (χ2v) is 6.81. The molecular formula is C20H22ClFN2. The zero-order valence-corrected chi connectivity index (χ0v) is 14.9. The average Bonchev–Trinajstić information content (AvgIpc) is 2.89. The van der Waals surface area contributed by atoms with E-state index in [4.69, 9.17) is 11.6 Å². The Morgan fingerprint density at radius 2 is 1.88 bits per heavy atom. The zero-order valence-electron chi connectivity index (χ0n) is 14.1. The first-order chi connectivity index (χ1) is 11.6. The molecule has 0 amide bonds. The minimum Gasteiger partial charge on any atom is -0.343 e. The molecule has 0 unspecified atom stereocenters. The number of benzene rings is 2. The van der Waals surface area contributed by atoms with Crippen molar-refractivity contribution in [2.45, 2.75) is 19.4 Å². The normalized spacial score (nSPS) is 11.5. The Morgan fingerprint density at radius 1 is 1.08 bits per heavy atom. The molecule has 3 rings (SSSR count). The molecular weight excluding hydrogens is 323 g/mol. The van der Waals surface area contributed by atoms with E-state index in [-0.39, 0.29) is 5.82 Å². The van der Waals surface area contributed by atoms with Gasteiger partial charge >= 0.3 is 0 Å². The number of aryl methyl sites for hydroxylation is 1. The Hall–Kier alpha value is -1.84. The van der Waals surface area contributed by atoms with Gasteiger partial charge in [0.05, 0.1) is 6.54 Å². The standard InChI is InChI=1S/C20H22ClFN2/c1-23(2)12-6-7-15-13-24(20-11-4-3-8-16(15)20)14-17-18(21)9-5-10-19(17)22/h3-5,8-11,13H,6-7,12,14H2,1-2H3. The van der Waals surface area contributed by atoms with Gasteiger partial charge in [-0.1, -0.05) is 35.9 Å². The van der Waals surface area contributed by atoms with Crippen LogP contribution in [-0.2, 0) is 13.0 Å². The van der Waals surface area contributed by atoms with Crippen molar-refractivity contribution < 1.29 is 4.39 Å². The first kappa shape index (κ1) is 17.0. The maximum absolute atomic E-state index is 14.1. The number of aromatic nitrogens is 1. The van der Waals surface area contributed by atoms with E-state index < -0.39 is 0 Å². The van der Waals surface area contributed by atoms with Gasteiger partial charge in [0.15, 0.2) is 0 Å². The van der Waals surface area contributed by atoms with Crippen molar-refractivity contribution in [2.75, 3.05) is 20.6 Å². The molecule has 2 nitrogen and oxygen atoms in total. The van der Waals surface area contributed by atoms with Crippen LogP contribution in [0.25, 0.3) is 10.9 Å². The highest BCUT2D eigenvalue weighted by molar-refractivity contribution is 6.31. The molecule has 0 N–H and O–H groups in total. The highest BCUT2D eigenvalue weighted by atomic mass is 35.5. The molecule has 0 atom stereocenters. The first-order valence-corrected chi connectivity index (χ1v) is 8.58. The van der Waals surface area contributed by atoms with Gasteiger partial charge in [-0.2, -0.15) is 0 Å². The van der Waals surface area contributed by atoms with Gasteiger partial charge in [-0.3, -0.25) is 0 Å². The van der Waals surface area contributed by atoms with Gasteiger partial charge in [0.1, 0.15) is 5.82 Å². The maximum atomic E-state index is 14.1. The Labute approximate surface area is 147 Å². The molecule has 126 valence electrons. The first-order valence-electron chi connectivity index (χ1n) is 8.20. The van der Waals surface area contributed by atoms with Gasteiger partial charge in [-0.05, 0) is 57.2 Å². The van der Waals surface area contributed by atoms with Crippen molar-refractivity contribution >= 4 is 22.5 Å². The average molecular weight is 345 g/mol. The lowest BCUT2D eigenvalue weighted by Gasteiger charge is -2.09. The number of hydrogen-bond donors (Lipinski definition) is 0. The number of para-hydroxylation sites is 1. The third-order valence-corrected chi connectivity index (χ3v) is 4.67. The smallest absolute Gasteiger partial charge is 0.129 e. The van der Waals surface area contributed by atoms with E-state index in [0.29, 0.717) is 17.1 Å². The van der Waals surface area contributed by atoms with Crippen LogP contribution in [0.5, 0.6) is 0 Å². The number of halogens is 2. The fraction of sp³-hybridized carbons (Fsp3) is 0.300. The molecule has 0 saturated heterocycles. The number of fused-ring (bicyclic) bond motifs is 1. The topological polar surface area (TPSA) is 8.17 Å². The lowest BCUT2D eigenvalue weighted by molar-refractivity contribution is 0.400. The summed E-state index contributed by atoms with van der Waals surface area (Å²) in [6.07, 6.45) is 4.25. The van der Waals surface area contributed by atoms with E-state index in [1.807, 2.05) is 6.07 Å². The van der Waals surface area contributed by atoms with Crippen molar-refractivity contribution in [3.05, 3.63) is 70.6 Å². The van der Waals surface area contributed by atoms with E-state index in [9.17, 15) is 4.39 Å². The number of rotatable bonds is 6. The summed E-state index contributed by atoms with van der Waals surface area (Å²) in [6, 6.07) is 13.1. The lowest BCUT2D eigenvalue weighted by atomic mass is 10.1. The molecule has 0 saturated carbocycles. The highest BCUT2D eigenvalue weighted by Gasteiger charge is 2.12. The number of nitrogens with zero attached hydrogens (tertiary/aromatic N) is 2. The van der Waals surface area contributed by atoms with E-state index >= 15 is 0 Å². The monoisotopic (exact) mass is 344 g/mol. The SMILES string of the molecule is CN(C)CCCc1cn(Cc2c(F)cccc2Cl)c2ccccc12. The molecule has 0 radical (unpaired) electrons. The van der Waals surface area contributed by atoms with Gasteiger partial charge in [-0.15, -0.1) is 0 Å². The van der Waals surface area contributed by atoms with Gasteiger partial charge in [0.2, 0.25) is 0 Å². The molecule has 0 aliphatic carbocycles. The van der Waals surface area contributed by atoms with Crippen molar-refractivity contribution in [1.29, 1.82) is 0 Å². The van der Waals surface area contributed by atoms with Gasteiger partial charge < -0.3 is 9.47 Å². The third-order valence-electron chi connectivity index (χ3n) is 4.31. The summed E-state index contributed by atoms with van der Waals surface area (Å²) < 4.78 is 16.2. The molecule has 2 aromatic carbocycles. The second-order valence-electron chi connectivity index (χ2n) is 6.41. The fourth-order valence-corrected chi connectivity index (χ4v) is 3.32. The van der Waals surface area contributed by atoms with Crippen molar-refractivity contribution in [3.63, 3.8) is 0 Å². The molecule has 0 aliphatic heterocycles. The van der Waals surface area contributed by atoms with E-state index in [1.54, 1.807) is 12.1 Å². The summed E-state index contributed by atoms with van der Waals surface area (Å²) in [6.45, 7) is 1.50. The number of hydrogen-bond acceptors (Lipinski definition) is 1. The summed E-state index contributed by atoms with van der Waals surface area (Å²) in [5.41, 5.74) is 2.97. The molecule has 0 aliphatic rings. The minimum absolute atomic E-state index is 0.255. The second kappa shape index (κ2) is 7.37. The maximum Gasteiger partial charge on any atom is 0.129 e. The molecule has 0 spiro atoms. The minimum atomic E-state index is -0.255. The third kappa shape index (κ3) is 3.63. The van der Waals surface area contributed by atoms with E-state index in [0.717, 1.165) is 24.9 Å². The molecule has 3 aromatic rings. The largest absolute Gasteiger partial charge is 0.343 e. The van der Waals surface area contributed by atoms with E-state index in [2.05, 4.69) is 48.0 Å². The Kier molecular flexibility index (Phi) is 5.22. The van der Waals surface area contributed by atoms with Crippen LogP contribution in [0.4, 0.5) is 4.39 Å². The van der Waals surface area contributed by atoms with Crippen LogP contribution in [0.15, 0.2) is 48.7 Å². The van der Waals surface area contributed by atoms with Crippen molar-refractivity contribution in [1.82, 2.24) is 9.47 Å².